The van der Waals surface area contributed by atoms with Gasteiger partial charge >= 0.3 is 6.03 Å². The lowest BCUT2D eigenvalue weighted by Crippen LogP contribution is -2.55. The van der Waals surface area contributed by atoms with E-state index in [0.717, 1.165) is 5.56 Å². The zero-order valence-electron chi connectivity index (χ0n) is 15.4. The molecule has 0 bridgehead atoms. The highest BCUT2D eigenvalue weighted by Crippen LogP contribution is 2.18. The fourth-order valence-electron chi connectivity index (χ4n) is 3.07. The van der Waals surface area contributed by atoms with E-state index in [2.05, 4.69) is 10.6 Å². The predicted molar refractivity (Wildman–Crippen MR) is 98.9 cm³/mol. The third-order valence-corrected chi connectivity index (χ3v) is 4.72. The van der Waals surface area contributed by atoms with Crippen molar-refractivity contribution in [1.29, 1.82) is 0 Å². The quantitative estimate of drug-likeness (QED) is 0.711. The Kier molecular flexibility index (Phi) is 7.00. The Balaban J connectivity index is 1.88. The van der Waals surface area contributed by atoms with Gasteiger partial charge in [-0.3, -0.25) is 9.59 Å². The van der Waals surface area contributed by atoms with Crippen LogP contribution in [0, 0.1) is 11.8 Å². The third kappa shape index (κ3) is 5.47. The summed E-state index contributed by atoms with van der Waals surface area (Å²) < 4.78 is 0. The molecular weight excluding hydrogens is 332 g/mol. The maximum atomic E-state index is 12.8. The van der Waals surface area contributed by atoms with Crippen molar-refractivity contribution in [3.8, 4) is 0 Å². The molecule has 1 atom stereocenters. The van der Waals surface area contributed by atoms with Crippen LogP contribution in [-0.2, 0) is 16.1 Å². The second-order valence-electron chi connectivity index (χ2n) is 7.04. The summed E-state index contributed by atoms with van der Waals surface area (Å²) in [5.41, 5.74) is 6.33. The molecule has 1 aliphatic rings. The number of carbonyl (C=O) groups excluding carboxylic acids is 3. The number of carbonyl (C=O) groups is 3. The smallest absolute Gasteiger partial charge is 0.315 e. The van der Waals surface area contributed by atoms with E-state index in [1.54, 1.807) is 4.90 Å². The number of nitrogens with one attached hydrogen (secondary N) is 2. The number of hydrogen-bond acceptors (Lipinski definition) is 3. The number of amides is 4. The van der Waals surface area contributed by atoms with Crippen molar-refractivity contribution in [3.05, 3.63) is 35.9 Å². The number of nitrogens with two attached hydrogens (primary N) is 1. The molecule has 7 nitrogen and oxygen atoms in total. The number of rotatable bonds is 6. The Bertz CT molecular complexity index is 625. The maximum Gasteiger partial charge on any atom is 0.315 e. The van der Waals surface area contributed by atoms with Gasteiger partial charge in [0, 0.05) is 25.6 Å². The molecule has 7 heteroatoms. The lowest BCUT2D eigenvalue weighted by atomic mass is 9.94. The molecule has 4 N–H and O–H groups in total. The standard InChI is InChI=1S/C19H28N4O3/c1-13(2)16(18(25)23-10-8-15(9-11-23)17(20)24)22-19(26)21-12-14-6-4-3-5-7-14/h3-7,13,15-16H,8-12H2,1-2H3,(H2,20,24)(H2,21,22,26). The van der Waals surface area contributed by atoms with E-state index < -0.39 is 6.04 Å². The summed E-state index contributed by atoms with van der Waals surface area (Å²) in [6, 6.07) is 8.61. The molecule has 1 aromatic rings. The maximum absolute atomic E-state index is 12.8. The summed E-state index contributed by atoms with van der Waals surface area (Å²) >= 11 is 0. The molecule has 142 valence electrons. The first-order valence-corrected chi connectivity index (χ1v) is 9.05. The van der Waals surface area contributed by atoms with Crippen LogP contribution in [0.3, 0.4) is 0 Å². The second-order valence-corrected chi connectivity index (χ2v) is 7.04. The average Bonchev–Trinajstić information content (AvgIpc) is 2.64. The molecule has 0 spiro atoms. The molecule has 1 fully saturated rings. The molecule has 1 heterocycles. The van der Waals surface area contributed by atoms with Crippen LogP contribution in [0.4, 0.5) is 4.79 Å². The second kappa shape index (κ2) is 9.22. The van der Waals surface area contributed by atoms with Crippen LogP contribution in [0.1, 0.15) is 32.3 Å². The van der Waals surface area contributed by atoms with E-state index in [4.69, 9.17) is 5.73 Å². The number of primary amides is 1. The summed E-state index contributed by atoms with van der Waals surface area (Å²) in [5.74, 6) is -0.633. The molecule has 1 aromatic carbocycles. The Labute approximate surface area is 154 Å². The van der Waals surface area contributed by atoms with Gasteiger partial charge in [0.25, 0.3) is 0 Å². The van der Waals surface area contributed by atoms with Gasteiger partial charge in [-0.05, 0) is 24.3 Å². The Morgan fingerprint density at radius 2 is 1.77 bits per heavy atom. The first kappa shape index (κ1) is 19.8. The molecular formula is C19H28N4O3. The number of piperidine rings is 1. The largest absolute Gasteiger partial charge is 0.369 e. The number of nitrogens with zero attached hydrogens (tertiary/aromatic N) is 1. The summed E-state index contributed by atoms with van der Waals surface area (Å²) in [6.07, 6.45) is 1.15. The van der Waals surface area contributed by atoms with E-state index in [1.807, 2.05) is 44.2 Å². The monoisotopic (exact) mass is 360 g/mol. The molecule has 0 saturated carbocycles. The summed E-state index contributed by atoms with van der Waals surface area (Å²) in [5, 5.41) is 5.57. The molecule has 2 rings (SSSR count). The number of hydrogen-bond donors (Lipinski definition) is 3. The van der Waals surface area contributed by atoms with E-state index in [1.165, 1.54) is 0 Å². The van der Waals surface area contributed by atoms with Crippen molar-refractivity contribution in [1.82, 2.24) is 15.5 Å². The van der Waals surface area contributed by atoms with Crippen molar-refractivity contribution < 1.29 is 14.4 Å². The van der Waals surface area contributed by atoms with E-state index in [9.17, 15) is 14.4 Å². The van der Waals surface area contributed by atoms with Gasteiger partial charge in [-0.1, -0.05) is 44.2 Å². The Morgan fingerprint density at radius 1 is 1.15 bits per heavy atom. The van der Waals surface area contributed by atoms with Crippen LogP contribution in [0.5, 0.6) is 0 Å². The Hall–Kier alpha value is -2.57. The van der Waals surface area contributed by atoms with Crippen molar-refractivity contribution >= 4 is 17.8 Å². The summed E-state index contributed by atoms with van der Waals surface area (Å²) in [7, 11) is 0. The number of benzene rings is 1. The van der Waals surface area contributed by atoms with Gasteiger partial charge in [0.05, 0.1) is 0 Å². The minimum atomic E-state index is -0.601. The minimum absolute atomic E-state index is 0.0427. The Morgan fingerprint density at radius 3 is 2.31 bits per heavy atom. The normalized spacial score (nSPS) is 16.2. The van der Waals surface area contributed by atoms with Crippen LogP contribution in [0.15, 0.2) is 30.3 Å². The average molecular weight is 360 g/mol. The van der Waals surface area contributed by atoms with Gasteiger partial charge < -0.3 is 21.3 Å². The minimum Gasteiger partial charge on any atom is -0.369 e. The number of likely N-dealkylation sites (tertiary alicyclic amines) is 1. The highest BCUT2D eigenvalue weighted by Gasteiger charge is 2.32. The molecule has 1 unspecified atom stereocenters. The first-order valence-electron chi connectivity index (χ1n) is 9.05. The SMILES string of the molecule is CC(C)C(NC(=O)NCc1ccccc1)C(=O)N1CCC(C(N)=O)CC1. The van der Waals surface area contributed by atoms with Crippen LogP contribution < -0.4 is 16.4 Å². The summed E-state index contributed by atoms with van der Waals surface area (Å²) in [6.45, 7) is 5.17. The van der Waals surface area contributed by atoms with Crippen LogP contribution in [0.2, 0.25) is 0 Å². The van der Waals surface area contributed by atoms with Gasteiger partial charge in [0.1, 0.15) is 6.04 Å². The molecule has 4 amide bonds. The molecule has 1 saturated heterocycles. The van der Waals surface area contributed by atoms with Gasteiger partial charge in [0.2, 0.25) is 11.8 Å². The first-order chi connectivity index (χ1) is 12.4. The van der Waals surface area contributed by atoms with Crippen molar-refractivity contribution in [3.63, 3.8) is 0 Å². The van der Waals surface area contributed by atoms with Gasteiger partial charge in [-0.2, -0.15) is 0 Å². The molecule has 26 heavy (non-hydrogen) atoms. The zero-order chi connectivity index (χ0) is 19.1. The molecule has 1 aliphatic heterocycles. The van der Waals surface area contributed by atoms with Crippen molar-refractivity contribution in [2.75, 3.05) is 13.1 Å². The molecule has 0 aromatic heterocycles. The lowest BCUT2D eigenvalue weighted by Gasteiger charge is -2.34. The highest BCUT2D eigenvalue weighted by molar-refractivity contribution is 5.87. The summed E-state index contributed by atoms with van der Waals surface area (Å²) in [4.78, 5) is 38.0. The predicted octanol–water partition coefficient (Wildman–Crippen LogP) is 1.23. The van der Waals surface area contributed by atoms with E-state index >= 15 is 0 Å². The fraction of sp³-hybridized carbons (Fsp3) is 0.526. The van der Waals surface area contributed by atoms with Gasteiger partial charge in [-0.25, -0.2) is 4.79 Å². The van der Waals surface area contributed by atoms with Crippen molar-refractivity contribution in [2.24, 2.45) is 17.6 Å². The lowest BCUT2D eigenvalue weighted by molar-refractivity contribution is -0.137. The molecule has 0 aliphatic carbocycles. The van der Waals surface area contributed by atoms with Crippen LogP contribution in [0.25, 0.3) is 0 Å². The van der Waals surface area contributed by atoms with E-state index in [0.29, 0.717) is 32.5 Å². The van der Waals surface area contributed by atoms with E-state index in [-0.39, 0.29) is 29.7 Å². The third-order valence-electron chi connectivity index (χ3n) is 4.72. The topological polar surface area (TPSA) is 105 Å². The van der Waals surface area contributed by atoms with Crippen LogP contribution in [-0.4, -0.2) is 41.9 Å². The molecule has 0 radical (unpaired) electrons. The van der Waals surface area contributed by atoms with Gasteiger partial charge in [0.15, 0.2) is 0 Å². The van der Waals surface area contributed by atoms with Gasteiger partial charge in [-0.15, -0.1) is 0 Å². The zero-order valence-corrected chi connectivity index (χ0v) is 15.4. The highest BCUT2D eigenvalue weighted by atomic mass is 16.2. The number of urea groups is 1. The van der Waals surface area contributed by atoms with Crippen molar-refractivity contribution in [2.45, 2.75) is 39.3 Å². The van der Waals surface area contributed by atoms with Crippen LogP contribution >= 0.6 is 0 Å². The fourth-order valence-corrected chi connectivity index (χ4v) is 3.07.